The predicted octanol–water partition coefficient (Wildman–Crippen LogP) is 2.44. The minimum Gasteiger partial charge on any atom is -0.508 e. The van der Waals surface area contributed by atoms with Crippen LogP contribution in [0.1, 0.15) is 12.5 Å². The summed E-state index contributed by atoms with van der Waals surface area (Å²) in [5, 5.41) is 9.75. The molecule has 0 aliphatic heterocycles. The van der Waals surface area contributed by atoms with Gasteiger partial charge in [0.1, 0.15) is 11.6 Å². The highest BCUT2D eigenvalue weighted by Crippen LogP contribution is 2.19. The molecule has 0 heterocycles. The van der Waals surface area contributed by atoms with Gasteiger partial charge in [0.2, 0.25) is 0 Å². The third kappa shape index (κ3) is 2.96. The molecule has 1 N–H and O–H groups in total. The molecule has 1 rings (SSSR count). The van der Waals surface area contributed by atoms with E-state index in [0.29, 0.717) is 23.6 Å². The Kier molecular flexibility index (Phi) is 3.83. The quantitative estimate of drug-likeness (QED) is 0.784. The van der Waals surface area contributed by atoms with Crippen molar-refractivity contribution in [3.63, 3.8) is 0 Å². The lowest BCUT2D eigenvalue weighted by atomic mass is 10.1. The fraction of sp³-hybridized carbons (Fsp3) is 0.300. The molecule has 0 radical (unpaired) electrons. The van der Waals surface area contributed by atoms with Crippen molar-refractivity contribution in [1.29, 1.82) is 0 Å². The van der Waals surface area contributed by atoms with Crippen LogP contribution in [0, 0.1) is 5.82 Å². The van der Waals surface area contributed by atoms with Gasteiger partial charge in [0.15, 0.2) is 5.05 Å². The minimum atomic E-state index is -0.464. The van der Waals surface area contributed by atoms with E-state index in [-0.39, 0.29) is 5.75 Å². The van der Waals surface area contributed by atoms with Gasteiger partial charge in [-0.2, -0.15) is 0 Å². The molecule has 2 nitrogen and oxygen atoms in total. The Bertz CT molecular complexity index is 339. The molecule has 0 aliphatic carbocycles. The summed E-state index contributed by atoms with van der Waals surface area (Å²) >= 11 is 4.90. The van der Waals surface area contributed by atoms with E-state index in [2.05, 4.69) is 0 Å². The van der Waals surface area contributed by atoms with Crippen molar-refractivity contribution in [2.24, 2.45) is 0 Å². The number of hydrogen-bond donors (Lipinski definition) is 1. The van der Waals surface area contributed by atoms with Gasteiger partial charge in [-0.3, -0.25) is 0 Å². The Morgan fingerprint density at radius 1 is 1.57 bits per heavy atom. The van der Waals surface area contributed by atoms with Gasteiger partial charge < -0.3 is 9.84 Å². The number of phenolic OH excluding ortho intramolecular Hbond substituents is 1. The summed E-state index contributed by atoms with van der Waals surface area (Å²) in [6.45, 7) is 2.33. The molecule has 0 aliphatic rings. The van der Waals surface area contributed by atoms with E-state index in [0.717, 1.165) is 6.07 Å². The van der Waals surface area contributed by atoms with Gasteiger partial charge in [-0.1, -0.05) is 6.07 Å². The van der Waals surface area contributed by atoms with Gasteiger partial charge in [0.05, 0.1) is 6.61 Å². The maximum atomic E-state index is 12.6. The number of ether oxygens (including phenoxy) is 1. The van der Waals surface area contributed by atoms with Crippen LogP contribution in [-0.4, -0.2) is 16.8 Å². The van der Waals surface area contributed by atoms with Crippen molar-refractivity contribution in [2.45, 2.75) is 13.3 Å². The van der Waals surface area contributed by atoms with Crippen molar-refractivity contribution in [1.82, 2.24) is 0 Å². The summed E-state index contributed by atoms with van der Waals surface area (Å²) in [7, 11) is 0. The van der Waals surface area contributed by atoms with Gasteiger partial charge in [0.25, 0.3) is 0 Å². The molecule has 0 aromatic heterocycles. The van der Waals surface area contributed by atoms with Crippen LogP contribution in [0.25, 0.3) is 0 Å². The molecular weight excluding hydrogens is 203 g/mol. The first kappa shape index (κ1) is 10.9. The molecular formula is C10H11FO2S. The van der Waals surface area contributed by atoms with Gasteiger partial charge in [-0.15, -0.1) is 0 Å². The zero-order chi connectivity index (χ0) is 10.6. The number of thiocarbonyl (C=S) groups is 1. The Morgan fingerprint density at radius 3 is 2.86 bits per heavy atom. The van der Waals surface area contributed by atoms with E-state index in [4.69, 9.17) is 17.0 Å². The second-order valence-corrected chi connectivity index (χ2v) is 3.21. The van der Waals surface area contributed by atoms with E-state index in [1.54, 1.807) is 0 Å². The number of halogens is 1. The van der Waals surface area contributed by atoms with Crippen LogP contribution in [0.2, 0.25) is 0 Å². The summed E-state index contributed by atoms with van der Waals surface area (Å²) in [6.07, 6.45) is 0.329. The first-order valence-corrected chi connectivity index (χ1v) is 4.67. The highest BCUT2D eigenvalue weighted by atomic mass is 32.1. The van der Waals surface area contributed by atoms with Crippen LogP contribution in [0.5, 0.6) is 5.75 Å². The molecule has 4 heteroatoms. The second kappa shape index (κ2) is 4.91. The van der Waals surface area contributed by atoms with E-state index in [1.165, 1.54) is 12.1 Å². The van der Waals surface area contributed by atoms with Crippen LogP contribution in [0.3, 0.4) is 0 Å². The maximum Gasteiger partial charge on any atom is 0.164 e. The summed E-state index contributed by atoms with van der Waals surface area (Å²) in [6, 6.07) is 3.84. The second-order valence-electron chi connectivity index (χ2n) is 2.75. The third-order valence-electron chi connectivity index (χ3n) is 1.69. The lowest BCUT2D eigenvalue weighted by Gasteiger charge is -2.06. The van der Waals surface area contributed by atoms with Gasteiger partial charge >= 0.3 is 0 Å². The SMILES string of the molecule is CCOC(=S)Cc1ccc(F)cc1O. The third-order valence-corrected chi connectivity index (χ3v) is 1.95. The monoisotopic (exact) mass is 214 g/mol. The van der Waals surface area contributed by atoms with Gasteiger partial charge in [0, 0.05) is 18.1 Å². The largest absolute Gasteiger partial charge is 0.508 e. The molecule has 76 valence electrons. The van der Waals surface area contributed by atoms with Crippen molar-refractivity contribution in [2.75, 3.05) is 6.61 Å². The Morgan fingerprint density at radius 2 is 2.29 bits per heavy atom. The normalized spacial score (nSPS) is 9.86. The van der Waals surface area contributed by atoms with Crippen LogP contribution >= 0.6 is 12.2 Å². The summed E-state index contributed by atoms with van der Waals surface area (Å²) in [5.41, 5.74) is 0.574. The molecule has 0 bridgehead atoms. The highest BCUT2D eigenvalue weighted by molar-refractivity contribution is 7.80. The van der Waals surface area contributed by atoms with Crippen LogP contribution < -0.4 is 0 Å². The topological polar surface area (TPSA) is 29.5 Å². The predicted molar refractivity (Wildman–Crippen MR) is 56.0 cm³/mol. The molecule has 1 aromatic carbocycles. The molecule has 0 unspecified atom stereocenters. The fourth-order valence-corrected chi connectivity index (χ4v) is 1.33. The fourth-order valence-electron chi connectivity index (χ4n) is 1.05. The first-order valence-electron chi connectivity index (χ1n) is 4.26. The van der Waals surface area contributed by atoms with Gasteiger partial charge in [-0.25, -0.2) is 4.39 Å². The van der Waals surface area contributed by atoms with E-state index in [1.807, 2.05) is 6.92 Å². The molecule has 0 atom stereocenters. The Labute approximate surface area is 87.3 Å². The van der Waals surface area contributed by atoms with E-state index < -0.39 is 5.82 Å². The van der Waals surface area contributed by atoms with Gasteiger partial charge in [-0.05, 0) is 25.2 Å². The molecule has 0 saturated heterocycles. The van der Waals surface area contributed by atoms with Crippen molar-refractivity contribution in [3.05, 3.63) is 29.6 Å². The summed E-state index contributed by atoms with van der Waals surface area (Å²) in [5.74, 6) is -0.555. The molecule has 14 heavy (non-hydrogen) atoms. The van der Waals surface area contributed by atoms with E-state index >= 15 is 0 Å². The summed E-state index contributed by atoms with van der Waals surface area (Å²) < 4.78 is 17.7. The highest BCUT2D eigenvalue weighted by Gasteiger charge is 2.05. The van der Waals surface area contributed by atoms with Crippen molar-refractivity contribution in [3.8, 4) is 5.75 Å². The zero-order valence-corrected chi connectivity index (χ0v) is 8.60. The number of aromatic hydroxyl groups is 1. The van der Waals surface area contributed by atoms with Crippen LogP contribution in [0.4, 0.5) is 4.39 Å². The van der Waals surface area contributed by atoms with Crippen LogP contribution in [0.15, 0.2) is 18.2 Å². The Hall–Kier alpha value is -1.16. The maximum absolute atomic E-state index is 12.6. The molecule has 0 fully saturated rings. The zero-order valence-electron chi connectivity index (χ0n) is 7.79. The first-order chi connectivity index (χ1) is 6.63. The summed E-state index contributed by atoms with van der Waals surface area (Å²) in [4.78, 5) is 0. The average molecular weight is 214 g/mol. The van der Waals surface area contributed by atoms with Crippen molar-refractivity contribution >= 4 is 17.3 Å². The smallest absolute Gasteiger partial charge is 0.164 e. The number of hydrogen-bond acceptors (Lipinski definition) is 3. The lowest BCUT2D eigenvalue weighted by molar-refractivity contribution is 0.329. The van der Waals surface area contributed by atoms with Crippen LogP contribution in [-0.2, 0) is 11.2 Å². The molecule has 0 amide bonds. The number of phenols is 1. The average Bonchev–Trinajstić information content (AvgIpc) is 2.10. The molecule has 0 spiro atoms. The standard InChI is InChI=1S/C10H11FO2S/c1-2-13-10(14)5-7-3-4-8(11)6-9(7)12/h3-4,6,12H,2,5H2,1H3. The minimum absolute atomic E-state index is 0.0907. The Balaban J connectivity index is 2.72. The number of benzene rings is 1. The lowest BCUT2D eigenvalue weighted by Crippen LogP contribution is -2.05. The van der Waals surface area contributed by atoms with Crippen molar-refractivity contribution < 1.29 is 14.2 Å². The number of rotatable bonds is 3. The molecule has 0 saturated carbocycles. The molecule has 1 aromatic rings. The van der Waals surface area contributed by atoms with E-state index in [9.17, 15) is 9.50 Å².